The van der Waals surface area contributed by atoms with Gasteiger partial charge in [0.2, 0.25) is 5.91 Å². The molecule has 0 heterocycles. The quantitative estimate of drug-likeness (QED) is 0.806. The molecule has 0 aliphatic rings. The summed E-state index contributed by atoms with van der Waals surface area (Å²) in [6, 6.07) is 10.0. The summed E-state index contributed by atoms with van der Waals surface area (Å²) in [7, 11) is -3.33. The van der Waals surface area contributed by atoms with Crippen molar-refractivity contribution in [2.45, 2.75) is 4.90 Å². The van der Waals surface area contributed by atoms with Crippen molar-refractivity contribution >= 4 is 50.5 Å². The Morgan fingerprint density at radius 1 is 1.04 bits per heavy atom. The molecule has 0 atom stereocenters. The number of nitrogens with one attached hydrogen (secondary N) is 2. The van der Waals surface area contributed by atoms with Crippen LogP contribution in [0.25, 0.3) is 0 Å². The standard InChI is InChI=1S/C16H14Cl2N2O4S/c1-25(23,24)12-5-2-10(3-6-12)16(22)19-9-15(21)20-14-8-11(17)4-7-13(14)18/h2-8H,9H2,1H3,(H,19,22)(H,20,21). The van der Waals surface area contributed by atoms with Crippen LogP contribution in [0.3, 0.4) is 0 Å². The minimum Gasteiger partial charge on any atom is -0.343 e. The van der Waals surface area contributed by atoms with E-state index in [9.17, 15) is 18.0 Å². The predicted molar refractivity (Wildman–Crippen MR) is 97.0 cm³/mol. The zero-order valence-electron chi connectivity index (χ0n) is 13.0. The first-order valence-corrected chi connectivity index (χ1v) is 9.65. The molecule has 2 rings (SSSR count). The number of benzene rings is 2. The number of anilines is 1. The fourth-order valence-corrected chi connectivity index (χ4v) is 2.87. The van der Waals surface area contributed by atoms with Crippen molar-refractivity contribution in [1.29, 1.82) is 0 Å². The Morgan fingerprint density at radius 3 is 2.28 bits per heavy atom. The second-order valence-electron chi connectivity index (χ2n) is 5.15. The molecular weight excluding hydrogens is 387 g/mol. The van der Waals surface area contributed by atoms with Crippen LogP contribution in [0.2, 0.25) is 10.0 Å². The van der Waals surface area contributed by atoms with E-state index in [1.807, 2.05) is 0 Å². The average molecular weight is 401 g/mol. The van der Waals surface area contributed by atoms with E-state index in [2.05, 4.69) is 10.6 Å². The molecule has 0 unspecified atom stereocenters. The van der Waals surface area contributed by atoms with Crippen LogP contribution in [0.1, 0.15) is 10.4 Å². The van der Waals surface area contributed by atoms with Gasteiger partial charge in [0, 0.05) is 16.8 Å². The molecule has 0 saturated carbocycles. The monoisotopic (exact) mass is 400 g/mol. The van der Waals surface area contributed by atoms with Gasteiger partial charge in [0.05, 0.1) is 22.2 Å². The molecule has 0 aliphatic carbocycles. The Morgan fingerprint density at radius 2 is 1.68 bits per heavy atom. The van der Waals surface area contributed by atoms with E-state index in [-0.39, 0.29) is 17.0 Å². The maximum absolute atomic E-state index is 12.0. The highest BCUT2D eigenvalue weighted by molar-refractivity contribution is 7.90. The van der Waals surface area contributed by atoms with Crippen LogP contribution in [0.15, 0.2) is 47.4 Å². The van der Waals surface area contributed by atoms with Gasteiger partial charge in [-0.15, -0.1) is 0 Å². The molecule has 0 aliphatic heterocycles. The molecule has 2 aromatic rings. The van der Waals surface area contributed by atoms with Crippen LogP contribution < -0.4 is 10.6 Å². The predicted octanol–water partition coefficient (Wildman–Crippen LogP) is 2.77. The van der Waals surface area contributed by atoms with Gasteiger partial charge in [0.1, 0.15) is 0 Å². The molecule has 0 saturated heterocycles. The van der Waals surface area contributed by atoms with E-state index in [1.165, 1.54) is 30.3 Å². The zero-order valence-corrected chi connectivity index (χ0v) is 15.4. The molecule has 2 aromatic carbocycles. The average Bonchev–Trinajstić information content (AvgIpc) is 2.55. The lowest BCUT2D eigenvalue weighted by Crippen LogP contribution is -2.32. The van der Waals surface area contributed by atoms with Crippen LogP contribution >= 0.6 is 23.2 Å². The fourth-order valence-electron chi connectivity index (χ4n) is 1.90. The third-order valence-corrected chi connectivity index (χ3v) is 4.85. The molecule has 0 fully saturated rings. The van der Waals surface area contributed by atoms with E-state index in [0.29, 0.717) is 15.7 Å². The maximum Gasteiger partial charge on any atom is 0.251 e. The van der Waals surface area contributed by atoms with Crippen LogP contribution in [-0.4, -0.2) is 33.0 Å². The number of carbonyl (C=O) groups excluding carboxylic acids is 2. The normalized spacial score (nSPS) is 11.0. The van der Waals surface area contributed by atoms with Gasteiger partial charge in [-0.3, -0.25) is 9.59 Å². The molecule has 132 valence electrons. The minimum atomic E-state index is -3.33. The lowest BCUT2D eigenvalue weighted by atomic mass is 10.2. The van der Waals surface area contributed by atoms with Crippen molar-refractivity contribution in [3.8, 4) is 0 Å². The highest BCUT2D eigenvalue weighted by Gasteiger charge is 2.12. The number of halogens is 2. The number of carbonyl (C=O) groups is 2. The van der Waals surface area contributed by atoms with Gasteiger partial charge in [0.15, 0.2) is 9.84 Å². The molecule has 2 amide bonds. The highest BCUT2D eigenvalue weighted by atomic mass is 35.5. The summed E-state index contributed by atoms with van der Waals surface area (Å²) in [6.45, 7) is -0.282. The molecular formula is C16H14Cl2N2O4S. The van der Waals surface area contributed by atoms with E-state index >= 15 is 0 Å². The molecule has 0 bridgehead atoms. The number of hydrogen-bond donors (Lipinski definition) is 2. The zero-order chi connectivity index (χ0) is 18.6. The maximum atomic E-state index is 12.0. The molecule has 2 N–H and O–H groups in total. The van der Waals surface area contributed by atoms with E-state index in [4.69, 9.17) is 23.2 Å². The lowest BCUT2D eigenvalue weighted by Gasteiger charge is -2.09. The third kappa shape index (κ3) is 5.45. The van der Waals surface area contributed by atoms with E-state index < -0.39 is 21.7 Å². The fraction of sp³-hybridized carbons (Fsp3) is 0.125. The van der Waals surface area contributed by atoms with Crippen molar-refractivity contribution in [2.24, 2.45) is 0 Å². The second-order valence-corrected chi connectivity index (χ2v) is 8.01. The summed E-state index contributed by atoms with van der Waals surface area (Å²) in [4.78, 5) is 24.0. The van der Waals surface area contributed by atoms with E-state index in [0.717, 1.165) is 6.26 Å². The van der Waals surface area contributed by atoms with Gasteiger partial charge in [-0.1, -0.05) is 23.2 Å². The van der Waals surface area contributed by atoms with Crippen LogP contribution in [0.4, 0.5) is 5.69 Å². The van der Waals surface area contributed by atoms with Gasteiger partial charge < -0.3 is 10.6 Å². The van der Waals surface area contributed by atoms with Gasteiger partial charge in [-0.05, 0) is 42.5 Å². The van der Waals surface area contributed by atoms with Gasteiger partial charge in [-0.25, -0.2) is 8.42 Å². The van der Waals surface area contributed by atoms with Gasteiger partial charge in [-0.2, -0.15) is 0 Å². The number of sulfone groups is 1. The smallest absolute Gasteiger partial charge is 0.251 e. The van der Waals surface area contributed by atoms with E-state index in [1.54, 1.807) is 12.1 Å². The highest BCUT2D eigenvalue weighted by Crippen LogP contribution is 2.25. The topological polar surface area (TPSA) is 92.3 Å². The number of amides is 2. The van der Waals surface area contributed by atoms with Crippen molar-refractivity contribution < 1.29 is 18.0 Å². The van der Waals surface area contributed by atoms with Gasteiger partial charge in [0.25, 0.3) is 5.91 Å². The number of hydrogen-bond acceptors (Lipinski definition) is 4. The van der Waals surface area contributed by atoms with Crippen molar-refractivity contribution in [1.82, 2.24) is 5.32 Å². The van der Waals surface area contributed by atoms with Crippen LogP contribution in [0, 0.1) is 0 Å². The summed E-state index contributed by atoms with van der Waals surface area (Å²) >= 11 is 11.8. The Bertz CT molecular complexity index is 912. The summed E-state index contributed by atoms with van der Waals surface area (Å²) in [6.07, 6.45) is 1.08. The lowest BCUT2D eigenvalue weighted by molar-refractivity contribution is -0.115. The largest absolute Gasteiger partial charge is 0.343 e. The Labute approximate surface area is 155 Å². The first-order valence-electron chi connectivity index (χ1n) is 7.00. The first kappa shape index (κ1) is 19.2. The van der Waals surface area contributed by atoms with Crippen molar-refractivity contribution in [2.75, 3.05) is 18.1 Å². The summed E-state index contributed by atoms with van der Waals surface area (Å²) in [5.41, 5.74) is 0.576. The molecule has 0 aromatic heterocycles. The summed E-state index contributed by atoms with van der Waals surface area (Å²) < 4.78 is 22.8. The Kier molecular flexibility index (Phi) is 6.05. The Balaban J connectivity index is 1.95. The van der Waals surface area contributed by atoms with Gasteiger partial charge >= 0.3 is 0 Å². The molecule has 0 radical (unpaired) electrons. The summed E-state index contributed by atoms with van der Waals surface area (Å²) in [5.74, 6) is -0.988. The Hall–Kier alpha value is -2.09. The van der Waals surface area contributed by atoms with Crippen LogP contribution in [0.5, 0.6) is 0 Å². The third-order valence-electron chi connectivity index (χ3n) is 3.16. The van der Waals surface area contributed by atoms with Crippen molar-refractivity contribution in [3.63, 3.8) is 0 Å². The van der Waals surface area contributed by atoms with Crippen LogP contribution in [-0.2, 0) is 14.6 Å². The second kappa shape index (κ2) is 7.86. The molecule has 6 nitrogen and oxygen atoms in total. The first-order chi connectivity index (χ1) is 11.7. The molecule has 9 heteroatoms. The number of rotatable bonds is 5. The summed E-state index contributed by atoms with van der Waals surface area (Å²) in [5, 5.41) is 5.70. The SMILES string of the molecule is CS(=O)(=O)c1ccc(C(=O)NCC(=O)Nc2cc(Cl)ccc2Cl)cc1. The minimum absolute atomic E-state index is 0.109. The molecule has 0 spiro atoms. The van der Waals surface area contributed by atoms with Crippen molar-refractivity contribution in [3.05, 3.63) is 58.1 Å². The molecule has 25 heavy (non-hydrogen) atoms.